The van der Waals surface area contributed by atoms with Crippen LogP contribution in [0.25, 0.3) is 0 Å². The fourth-order valence-corrected chi connectivity index (χ4v) is 7.31. The Morgan fingerprint density at radius 3 is 2.41 bits per heavy atom. The molecule has 0 bridgehead atoms. The molecule has 1 aliphatic heterocycles. The topological polar surface area (TPSA) is 105 Å². The molecule has 1 saturated heterocycles. The molecule has 3 rings (SSSR count). The zero-order chi connectivity index (χ0) is 32.0. The number of carbonyl (C=O) groups is 2. The predicted octanol–water partition coefficient (Wildman–Crippen LogP) is 7.47. The van der Waals surface area contributed by atoms with Gasteiger partial charge in [-0.25, -0.2) is 0 Å². The zero-order valence-corrected chi connectivity index (χ0v) is 28.1. The summed E-state index contributed by atoms with van der Waals surface area (Å²) < 4.78 is 49.0. The van der Waals surface area contributed by atoms with Crippen LogP contribution in [0.1, 0.15) is 110 Å². The molecule has 1 aromatic carbocycles. The summed E-state index contributed by atoms with van der Waals surface area (Å²) in [4.78, 5) is 25.3. The van der Waals surface area contributed by atoms with E-state index < -0.39 is 15.9 Å². The van der Waals surface area contributed by atoms with Crippen molar-refractivity contribution >= 4 is 21.9 Å². The molecule has 0 radical (unpaired) electrons. The molecule has 8 nitrogen and oxygen atoms in total. The largest absolute Gasteiger partial charge is 0.463 e. The normalized spacial score (nSPS) is 21.9. The smallest absolute Gasteiger partial charge is 0.306 e. The lowest BCUT2D eigenvalue weighted by molar-refractivity contribution is -0.171. The second kappa shape index (κ2) is 18.2. The second-order valence-corrected chi connectivity index (χ2v) is 14.3. The number of ketones is 1. The number of carbonyl (C=O) groups excluding carboxylic acids is 2. The van der Waals surface area contributed by atoms with E-state index in [-0.39, 0.29) is 47.1 Å². The van der Waals surface area contributed by atoms with Gasteiger partial charge in [0.15, 0.2) is 5.79 Å². The Balaban J connectivity index is 1.65. The number of hydrogen-bond acceptors (Lipinski definition) is 8. The summed E-state index contributed by atoms with van der Waals surface area (Å²) in [6, 6.07) is 6.60. The standard InChI is InChI=1S/C35H54O8S/c1-5-6-7-10-13-21-35(40-23-24-41-35)22-20-31-29(26-42-44(38,39)30-18-16-28(4)17-19-30)25-33(36)32(31)14-11-8-9-12-15-34(37)43-27(2)3/h8,11,16-19,27,29,31-32H,5-7,9-10,12-15,20-26H2,1-4H3/t29-,31-,32+/m0/s1. The molecule has 0 unspecified atom stereocenters. The van der Waals surface area contributed by atoms with Crippen molar-refractivity contribution in [2.75, 3.05) is 19.8 Å². The van der Waals surface area contributed by atoms with E-state index in [0.717, 1.165) is 31.2 Å². The third kappa shape index (κ3) is 11.7. The summed E-state index contributed by atoms with van der Waals surface area (Å²) >= 11 is 0. The quantitative estimate of drug-likeness (QED) is 0.0630. The van der Waals surface area contributed by atoms with Gasteiger partial charge < -0.3 is 14.2 Å². The van der Waals surface area contributed by atoms with E-state index >= 15 is 0 Å². The number of esters is 1. The SMILES string of the molecule is CCCCCCCC1(CC[C@H]2[C@H](COS(=O)(=O)c3ccc(C)cc3)CC(=O)[C@@H]2CC=CCCCC(=O)OC(C)C)OCCO1. The Morgan fingerprint density at radius 2 is 1.73 bits per heavy atom. The van der Waals surface area contributed by atoms with Crippen molar-refractivity contribution in [2.24, 2.45) is 17.8 Å². The van der Waals surface area contributed by atoms with Crippen molar-refractivity contribution in [1.82, 2.24) is 0 Å². The Bertz CT molecular complexity index is 1150. The Morgan fingerprint density at radius 1 is 1.02 bits per heavy atom. The van der Waals surface area contributed by atoms with Crippen LogP contribution in [0.15, 0.2) is 41.3 Å². The van der Waals surface area contributed by atoms with Crippen LogP contribution in [0.4, 0.5) is 0 Å². The van der Waals surface area contributed by atoms with Gasteiger partial charge >= 0.3 is 5.97 Å². The molecule has 0 amide bonds. The van der Waals surface area contributed by atoms with E-state index in [4.69, 9.17) is 18.4 Å². The fraction of sp³-hybridized carbons (Fsp3) is 0.714. The molecule has 0 spiro atoms. The lowest BCUT2D eigenvalue weighted by Crippen LogP contribution is -2.32. The van der Waals surface area contributed by atoms with Gasteiger partial charge in [-0.05, 0) is 76.8 Å². The molecule has 2 aliphatic rings. The summed E-state index contributed by atoms with van der Waals surface area (Å²) in [5.41, 5.74) is 0.965. The number of unbranched alkanes of at least 4 members (excludes halogenated alkanes) is 5. The second-order valence-electron chi connectivity index (χ2n) is 12.7. The molecule has 1 aliphatic carbocycles. The van der Waals surface area contributed by atoms with Crippen LogP contribution in [0.3, 0.4) is 0 Å². The first-order valence-electron chi connectivity index (χ1n) is 16.7. The molecule has 1 saturated carbocycles. The summed E-state index contributed by atoms with van der Waals surface area (Å²) in [6.45, 7) is 8.88. The highest BCUT2D eigenvalue weighted by Gasteiger charge is 2.44. The van der Waals surface area contributed by atoms with Gasteiger partial charge in [0.05, 0.1) is 30.8 Å². The van der Waals surface area contributed by atoms with Gasteiger partial charge in [-0.2, -0.15) is 8.42 Å². The first-order chi connectivity index (χ1) is 21.0. The van der Waals surface area contributed by atoms with E-state index in [1.807, 2.05) is 32.9 Å². The maximum absolute atomic E-state index is 13.3. The number of hydrogen-bond donors (Lipinski definition) is 0. The van der Waals surface area contributed by atoms with Crippen molar-refractivity contribution in [3.8, 4) is 0 Å². The molecular weight excluding hydrogens is 580 g/mol. The number of aryl methyl sites for hydroxylation is 1. The molecule has 9 heteroatoms. The molecule has 248 valence electrons. The van der Waals surface area contributed by atoms with Crippen LogP contribution in [0.5, 0.6) is 0 Å². The molecule has 1 aromatic rings. The average molecular weight is 635 g/mol. The Hall–Kier alpha value is -2.07. The zero-order valence-electron chi connectivity index (χ0n) is 27.3. The monoisotopic (exact) mass is 634 g/mol. The summed E-state index contributed by atoms with van der Waals surface area (Å²) in [6.07, 6.45) is 14.6. The van der Waals surface area contributed by atoms with Crippen LogP contribution in [-0.4, -0.2) is 51.9 Å². The highest BCUT2D eigenvalue weighted by molar-refractivity contribution is 7.86. The van der Waals surface area contributed by atoms with Crippen LogP contribution in [0, 0.1) is 24.7 Å². The first kappa shape index (κ1) is 36.4. The van der Waals surface area contributed by atoms with Gasteiger partial charge in [0.2, 0.25) is 0 Å². The van der Waals surface area contributed by atoms with Gasteiger partial charge in [-0.3, -0.25) is 13.8 Å². The van der Waals surface area contributed by atoms with E-state index in [2.05, 4.69) is 6.92 Å². The lowest BCUT2D eigenvalue weighted by Gasteiger charge is -2.31. The molecule has 1 heterocycles. The average Bonchev–Trinajstić information content (AvgIpc) is 3.56. The molecule has 3 atom stereocenters. The highest BCUT2D eigenvalue weighted by Crippen LogP contribution is 2.43. The minimum absolute atomic E-state index is 0.0312. The fourth-order valence-electron chi connectivity index (χ4n) is 6.35. The summed E-state index contributed by atoms with van der Waals surface area (Å²) in [5, 5.41) is 0. The maximum atomic E-state index is 13.3. The third-order valence-electron chi connectivity index (χ3n) is 8.76. The Labute approximate surface area is 265 Å². The molecule has 44 heavy (non-hydrogen) atoms. The van der Waals surface area contributed by atoms with Crippen molar-refractivity contribution < 1.29 is 36.4 Å². The van der Waals surface area contributed by atoms with Crippen LogP contribution in [0.2, 0.25) is 0 Å². The number of benzene rings is 1. The minimum Gasteiger partial charge on any atom is -0.463 e. The molecule has 0 aromatic heterocycles. The number of ether oxygens (including phenoxy) is 3. The lowest BCUT2D eigenvalue weighted by atomic mass is 9.82. The Kier molecular flexibility index (Phi) is 15.0. The van der Waals surface area contributed by atoms with Gasteiger partial charge in [0, 0.05) is 31.6 Å². The third-order valence-corrected chi connectivity index (χ3v) is 10.1. The van der Waals surface area contributed by atoms with E-state index in [9.17, 15) is 18.0 Å². The van der Waals surface area contributed by atoms with Crippen LogP contribution >= 0.6 is 0 Å². The summed E-state index contributed by atoms with van der Waals surface area (Å²) in [7, 11) is -3.94. The van der Waals surface area contributed by atoms with Crippen LogP contribution < -0.4 is 0 Å². The first-order valence-corrected chi connectivity index (χ1v) is 18.1. The number of allylic oxidation sites excluding steroid dienone is 2. The van der Waals surface area contributed by atoms with Crippen molar-refractivity contribution in [2.45, 2.75) is 128 Å². The van der Waals surface area contributed by atoms with Crippen molar-refractivity contribution in [3.05, 3.63) is 42.0 Å². The summed E-state index contributed by atoms with van der Waals surface area (Å²) in [5.74, 6) is -1.18. The van der Waals surface area contributed by atoms with Gasteiger partial charge in [-0.15, -0.1) is 0 Å². The molecular formula is C35H54O8S. The van der Waals surface area contributed by atoms with Crippen LogP contribution in [-0.2, 0) is 38.1 Å². The minimum atomic E-state index is -3.94. The van der Waals surface area contributed by atoms with E-state index in [1.54, 1.807) is 24.3 Å². The van der Waals surface area contributed by atoms with Gasteiger partial charge in [-0.1, -0.05) is 62.5 Å². The predicted molar refractivity (Wildman–Crippen MR) is 170 cm³/mol. The van der Waals surface area contributed by atoms with Gasteiger partial charge in [0.25, 0.3) is 10.1 Å². The van der Waals surface area contributed by atoms with Crippen molar-refractivity contribution in [1.29, 1.82) is 0 Å². The molecule has 0 N–H and O–H groups in total. The van der Waals surface area contributed by atoms with E-state index in [1.165, 1.54) is 19.3 Å². The van der Waals surface area contributed by atoms with Crippen molar-refractivity contribution in [3.63, 3.8) is 0 Å². The van der Waals surface area contributed by atoms with E-state index in [0.29, 0.717) is 51.7 Å². The number of Topliss-reactive ketones (excluding diaryl/α,β-unsaturated/α-hetero) is 1. The van der Waals surface area contributed by atoms with Gasteiger partial charge in [0.1, 0.15) is 5.78 Å². The maximum Gasteiger partial charge on any atom is 0.306 e. The highest BCUT2D eigenvalue weighted by atomic mass is 32.2. The number of rotatable bonds is 20. The molecule has 2 fully saturated rings.